The van der Waals surface area contributed by atoms with E-state index in [1.54, 1.807) is 11.3 Å². The second-order valence-electron chi connectivity index (χ2n) is 6.22. The summed E-state index contributed by atoms with van der Waals surface area (Å²) in [6.07, 6.45) is -0.472. The van der Waals surface area contributed by atoms with Gasteiger partial charge in [-0.25, -0.2) is 0 Å². The fourth-order valence-electron chi connectivity index (χ4n) is 1.80. The van der Waals surface area contributed by atoms with Crippen molar-refractivity contribution in [3.63, 3.8) is 0 Å². The lowest BCUT2D eigenvalue weighted by molar-refractivity contribution is -0.0486. The largest absolute Gasteiger partial charge is 0.389 e. The Kier molecular flexibility index (Phi) is 6.47. The molecule has 0 aliphatic rings. The number of ether oxygens (including phenoxy) is 1. The van der Waals surface area contributed by atoms with Crippen LogP contribution in [0.2, 0.25) is 0 Å². The van der Waals surface area contributed by atoms with Crippen LogP contribution in [0.15, 0.2) is 17.5 Å². The quantitative estimate of drug-likeness (QED) is 0.808. The van der Waals surface area contributed by atoms with Gasteiger partial charge >= 0.3 is 0 Å². The summed E-state index contributed by atoms with van der Waals surface area (Å²) in [5, 5.41) is 15.5. The first kappa shape index (κ1) is 16.6. The molecule has 2 unspecified atom stereocenters. The standard InChI is InChI=1S/C15H27NO2S/c1-11(2)14(13-7-6-8-19-13)16-9-12(17)10-18-15(3,4)5/h6-8,11-12,14,16-17H,9-10H2,1-5H3. The Balaban J connectivity index is 2.40. The highest BCUT2D eigenvalue weighted by atomic mass is 32.1. The first-order chi connectivity index (χ1) is 8.79. The minimum Gasteiger partial charge on any atom is -0.389 e. The first-order valence-corrected chi connectivity index (χ1v) is 7.76. The lowest BCUT2D eigenvalue weighted by Crippen LogP contribution is -2.36. The number of nitrogens with one attached hydrogen (secondary N) is 1. The zero-order valence-corrected chi connectivity index (χ0v) is 13.5. The predicted octanol–water partition coefficient (Wildman–Crippen LogP) is 3.21. The lowest BCUT2D eigenvalue weighted by atomic mass is 10.0. The molecule has 2 N–H and O–H groups in total. The van der Waals surface area contributed by atoms with Crippen LogP contribution in [0.3, 0.4) is 0 Å². The molecule has 1 aromatic heterocycles. The second-order valence-corrected chi connectivity index (χ2v) is 7.20. The van der Waals surface area contributed by atoms with Gasteiger partial charge in [0.1, 0.15) is 0 Å². The molecular formula is C15H27NO2S. The number of aliphatic hydroxyl groups excluding tert-OH is 1. The van der Waals surface area contributed by atoms with E-state index in [1.807, 2.05) is 20.8 Å². The molecule has 19 heavy (non-hydrogen) atoms. The first-order valence-electron chi connectivity index (χ1n) is 6.88. The van der Waals surface area contributed by atoms with E-state index in [9.17, 15) is 5.11 Å². The molecule has 1 rings (SSSR count). The fraction of sp³-hybridized carbons (Fsp3) is 0.733. The van der Waals surface area contributed by atoms with Crippen LogP contribution in [0.5, 0.6) is 0 Å². The van der Waals surface area contributed by atoms with Crippen LogP contribution in [0.1, 0.15) is 45.5 Å². The number of hydrogen-bond acceptors (Lipinski definition) is 4. The fourth-order valence-corrected chi connectivity index (χ4v) is 2.77. The minimum atomic E-state index is -0.472. The van der Waals surface area contributed by atoms with Gasteiger partial charge < -0.3 is 15.2 Å². The molecule has 1 aromatic rings. The molecule has 0 spiro atoms. The van der Waals surface area contributed by atoms with E-state index in [2.05, 4.69) is 36.7 Å². The van der Waals surface area contributed by atoms with E-state index in [0.29, 0.717) is 25.1 Å². The summed E-state index contributed by atoms with van der Waals surface area (Å²) >= 11 is 1.75. The third-order valence-electron chi connectivity index (χ3n) is 2.80. The third kappa shape index (κ3) is 6.52. The molecule has 0 aliphatic heterocycles. The summed E-state index contributed by atoms with van der Waals surface area (Å²) in [6.45, 7) is 11.3. The zero-order valence-electron chi connectivity index (χ0n) is 12.6. The van der Waals surface area contributed by atoms with Gasteiger partial charge in [0.05, 0.1) is 18.3 Å². The minimum absolute atomic E-state index is 0.202. The van der Waals surface area contributed by atoms with Gasteiger partial charge in [0.2, 0.25) is 0 Å². The zero-order chi connectivity index (χ0) is 14.5. The molecule has 0 saturated heterocycles. The highest BCUT2D eigenvalue weighted by Crippen LogP contribution is 2.25. The molecule has 0 aromatic carbocycles. The van der Waals surface area contributed by atoms with Crippen molar-refractivity contribution in [1.82, 2.24) is 5.32 Å². The van der Waals surface area contributed by atoms with Crippen molar-refractivity contribution < 1.29 is 9.84 Å². The molecule has 0 amide bonds. The highest BCUT2D eigenvalue weighted by Gasteiger charge is 2.19. The summed E-state index contributed by atoms with van der Waals surface area (Å²) in [5.41, 5.74) is -0.202. The monoisotopic (exact) mass is 285 g/mol. The normalized spacial score (nSPS) is 15.7. The van der Waals surface area contributed by atoms with E-state index in [1.165, 1.54) is 4.88 Å². The van der Waals surface area contributed by atoms with Gasteiger partial charge in [-0.2, -0.15) is 0 Å². The lowest BCUT2D eigenvalue weighted by Gasteiger charge is -2.25. The van der Waals surface area contributed by atoms with Gasteiger partial charge in [-0.15, -0.1) is 11.3 Å². The van der Waals surface area contributed by atoms with Crippen molar-refractivity contribution in [2.24, 2.45) is 5.92 Å². The molecule has 0 fully saturated rings. The molecule has 1 heterocycles. The summed E-state index contributed by atoms with van der Waals surface area (Å²) < 4.78 is 5.59. The summed E-state index contributed by atoms with van der Waals surface area (Å²) in [5.74, 6) is 0.495. The van der Waals surface area contributed by atoms with Crippen molar-refractivity contribution in [1.29, 1.82) is 0 Å². The van der Waals surface area contributed by atoms with Crippen LogP contribution in [0.25, 0.3) is 0 Å². The molecule has 0 radical (unpaired) electrons. The van der Waals surface area contributed by atoms with Gasteiger partial charge in [0.25, 0.3) is 0 Å². The Morgan fingerprint density at radius 3 is 2.53 bits per heavy atom. The van der Waals surface area contributed by atoms with E-state index < -0.39 is 6.10 Å². The Morgan fingerprint density at radius 1 is 1.37 bits per heavy atom. The van der Waals surface area contributed by atoms with E-state index >= 15 is 0 Å². The molecule has 0 saturated carbocycles. The number of aliphatic hydroxyl groups is 1. The van der Waals surface area contributed by atoms with Crippen LogP contribution in [-0.4, -0.2) is 30.0 Å². The Morgan fingerprint density at radius 2 is 2.05 bits per heavy atom. The van der Waals surface area contributed by atoms with E-state index in [0.717, 1.165) is 0 Å². The van der Waals surface area contributed by atoms with Crippen LogP contribution >= 0.6 is 11.3 Å². The van der Waals surface area contributed by atoms with Crippen molar-refractivity contribution in [3.8, 4) is 0 Å². The molecule has 0 bridgehead atoms. The van der Waals surface area contributed by atoms with Gasteiger partial charge in [0, 0.05) is 17.5 Å². The Labute approximate surface area is 121 Å². The summed E-state index contributed by atoms with van der Waals surface area (Å²) in [4.78, 5) is 1.32. The molecule has 4 heteroatoms. The predicted molar refractivity (Wildman–Crippen MR) is 81.6 cm³/mol. The van der Waals surface area contributed by atoms with Gasteiger partial charge in [-0.05, 0) is 38.1 Å². The number of hydrogen-bond donors (Lipinski definition) is 2. The molecular weight excluding hydrogens is 258 g/mol. The Hall–Kier alpha value is -0.420. The maximum Gasteiger partial charge on any atom is 0.0898 e. The van der Waals surface area contributed by atoms with Crippen molar-refractivity contribution in [2.75, 3.05) is 13.2 Å². The average Bonchev–Trinajstić information content (AvgIpc) is 2.78. The molecule has 0 aliphatic carbocycles. The highest BCUT2D eigenvalue weighted by molar-refractivity contribution is 7.10. The molecule has 110 valence electrons. The van der Waals surface area contributed by atoms with E-state index in [4.69, 9.17) is 4.74 Å². The topological polar surface area (TPSA) is 41.5 Å². The maximum absolute atomic E-state index is 9.96. The van der Waals surface area contributed by atoms with Gasteiger partial charge in [-0.3, -0.25) is 0 Å². The van der Waals surface area contributed by atoms with Crippen molar-refractivity contribution >= 4 is 11.3 Å². The third-order valence-corrected chi connectivity index (χ3v) is 3.75. The van der Waals surface area contributed by atoms with Crippen molar-refractivity contribution in [2.45, 2.75) is 52.4 Å². The van der Waals surface area contributed by atoms with Crippen LogP contribution in [0.4, 0.5) is 0 Å². The van der Waals surface area contributed by atoms with Crippen LogP contribution < -0.4 is 5.32 Å². The SMILES string of the molecule is CC(C)C(NCC(O)COC(C)(C)C)c1cccs1. The number of thiophene rings is 1. The number of rotatable bonds is 7. The smallest absolute Gasteiger partial charge is 0.0898 e. The maximum atomic E-state index is 9.96. The Bertz CT molecular complexity index is 344. The summed E-state index contributed by atoms with van der Waals surface area (Å²) in [7, 11) is 0. The average molecular weight is 285 g/mol. The van der Waals surface area contributed by atoms with Gasteiger partial charge in [-0.1, -0.05) is 19.9 Å². The van der Waals surface area contributed by atoms with E-state index in [-0.39, 0.29) is 5.60 Å². The van der Waals surface area contributed by atoms with Crippen LogP contribution in [0, 0.1) is 5.92 Å². The molecule has 2 atom stereocenters. The van der Waals surface area contributed by atoms with Crippen LogP contribution in [-0.2, 0) is 4.74 Å². The molecule has 3 nitrogen and oxygen atoms in total. The second kappa shape index (κ2) is 7.39. The summed E-state index contributed by atoms with van der Waals surface area (Å²) in [6, 6.07) is 4.50. The van der Waals surface area contributed by atoms with Gasteiger partial charge in [0.15, 0.2) is 0 Å². The van der Waals surface area contributed by atoms with Crippen molar-refractivity contribution in [3.05, 3.63) is 22.4 Å².